The fraction of sp³-hybridized carbons (Fsp3) is 0.383. The molecule has 0 aliphatic carbocycles. The lowest BCUT2D eigenvalue weighted by molar-refractivity contribution is -0.138. The first-order chi connectivity index (χ1) is 28.8. The minimum Gasteiger partial charge on any atom is -0.453 e. The van der Waals surface area contributed by atoms with E-state index in [2.05, 4.69) is 49.1 Å². The molecule has 3 amide bonds. The van der Waals surface area contributed by atoms with Crippen molar-refractivity contribution in [3.05, 3.63) is 120 Å². The van der Waals surface area contributed by atoms with Gasteiger partial charge in [-0.05, 0) is 98.5 Å². The molecule has 4 atom stereocenters. The molecule has 0 unspecified atom stereocenters. The molecule has 12 heteroatoms. The van der Waals surface area contributed by atoms with Crippen LogP contribution in [0, 0.1) is 17.8 Å². The van der Waals surface area contributed by atoms with E-state index in [1.807, 2.05) is 96.6 Å². The molecule has 12 nitrogen and oxygen atoms in total. The Kier molecular flexibility index (Phi) is 11.9. The molecule has 304 valence electrons. The van der Waals surface area contributed by atoms with Crippen LogP contribution >= 0.6 is 0 Å². The van der Waals surface area contributed by atoms with Crippen molar-refractivity contribution in [1.82, 2.24) is 40.0 Å². The summed E-state index contributed by atoms with van der Waals surface area (Å²) < 4.78 is 4.76. The normalized spacial score (nSPS) is 19.1. The maximum atomic E-state index is 14.2. The number of nitrogens with one attached hydrogen (secondary N) is 3. The number of H-pyrrole nitrogens is 2. The van der Waals surface area contributed by atoms with Crippen molar-refractivity contribution in [2.24, 2.45) is 5.92 Å². The van der Waals surface area contributed by atoms with Crippen molar-refractivity contribution in [3.63, 3.8) is 0 Å². The first-order valence-electron chi connectivity index (χ1n) is 20.8. The Morgan fingerprint density at radius 2 is 1.20 bits per heavy atom. The summed E-state index contributed by atoms with van der Waals surface area (Å²) in [6, 6.07) is 25.1. The number of ether oxygens (including phenoxy) is 1. The summed E-state index contributed by atoms with van der Waals surface area (Å²) in [5.41, 5.74) is 6.59. The third kappa shape index (κ3) is 8.66. The van der Waals surface area contributed by atoms with Crippen LogP contribution in [0.4, 0.5) is 4.79 Å². The van der Waals surface area contributed by atoms with E-state index in [1.165, 1.54) is 7.11 Å². The molecular formula is C47H52N8O4. The molecule has 3 aliphatic heterocycles. The maximum absolute atomic E-state index is 14.2. The average Bonchev–Trinajstić information content (AvgIpc) is 4.12. The molecule has 0 bridgehead atoms. The molecule has 3 saturated heterocycles. The highest BCUT2D eigenvalue weighted by molar-refractivity contribution is 5.86. The van der Waals surface area contributed by atoms with E-state index in [0.29, 0.717) is 6.54 Å². The molecule has 3 aliphatic rings. The molecule has 59 heavy (non-hydrogen) atoms. The highest BCUT2D eigenvalue weighted by atomic mass is 16.5. The Labute approximate surface area is 345 Å². The number of imidazole rings is 2. The monoisotopic (exact) mass is 792 g/mol. The number of hydrogen-bond acceptors (Lipinski definition) is 7. The Hall–Kier alpha value is -6.19. The number of hydrogen-bond donors (Lipinski definition) is 3. The Morgan fingerprint density at radius 3 is 1.69 bits per heavy atom. The van der Waals surface area contributed by atoms with E-state index >= 15 is 0 Å². The maximum Gasteiger partial charge on any atom is 0.407 e. The zero-order valence-electron chi connectivity index (χ0n) is 34.0. The molecule has 0 saturated carbocycles. The zero-order valence-corrected chi connectivity index (χ0v) is 34.0. The lowest BCUT2D eigenvalue weighted by atomic mass is 10.0. The second-order valence-electron chi connectivity index (χ2n) is 16.1. The van der Waals surface area contributed by atoms with Gasteiger partial charge in [0.2, 0.25) is 11.8 Å². The van der Waals surface area contributed by atoms with E-state index in [1.54, 1.807) is 6.20 Å². The number of carbonyl (C=O) groups excluding carboxylic acids is 3. The number of amides is 3. The van der Waals surface area contributed by atoms with Crippen LogP contribution in [0.15, 0.2) is 91.3 Å². The lowest BCUT2D eigenvalue weighted by Crippen LogP contribution is -2.51. The van der Waals surface area contributed by atoms with Gasteiger partial charge in [0, 0.05) is 24.2 Å². The van der Waals surface area contributed by atoms with Crippen LogP contribution in [-0.2, 0) is 14.3 Å². The Balaban J connectivity index is 0.898. The summed E-state index contributed by atoms with van der Waals surface area (Å²) in [7, 11) is 1.29. The van der Waals surface area contributed by atoms with Gasteiger partial charge in [0.1, 0.15) is 23.7 Å². The smallest absolute Gasteiger partial charge is 0.407 e. The fourth-order valence-corrected chi connectivity index (χ4v) is 8.73. The number of aromatic amines is 2. The van der Waals surface area contributed by atoms with Gasteiger partial charge in [-0.25, -0.2) is 14.8 Å². The molecule has 5 heterocycles. The van der Waals surface area contributed by atoms with E-state index in [4.69, 9.17) is 9.72 Å². The second kappa shape index (κ2) is 17.7. The van der Waals surface area contributed by atoms with Gasteiger partial charge in [0.15, 0.2) is 0 Å². The van der Waals surface area contributed by atoms with Crippen LogP contribution in [0.1, 0.15) is 98.8 Å². The van der Waals surface area contributed by atoms with Crippen molar-refractivity contribution >= 4 is 17.9 Å². The van der Waals surface area contributed by atoms with Gasteiger partial charge in [-0.1, -0.05) is 80.3 Å². The molecule has 2 aromatic heterocycles. The van der Waals surface area contributed by atoms with Gasteiger partial charge >= 0.3 is 6.09 Å². The van der Waals surface area contributed by atoms with Crippen molar-refractivity contribution in [1.29, 1.82) is 0 Å². The van der Waals surface area contributed by atoms with Gasteiger partial charge in [-0.15, -0.1) is 0 Å². The third-order valence-electron chi connectivity index (χ3n) is 11.9. The van der Waals surface area contributed by atoms with E-state index in [0.717, 1.165) is 109 Å². The van der Waals surface area contributed by atoms with E-state index in [-0.39, 0.29) is 35.9 Å². The van der Waals surface area contributed by atoms with Crippen LogP contribution in [0.3, 0.4) is 0 Å². The van der Waals surface area contributed by atoms with Gasteiger partial charge in [-0.2, -0.15) is 0 Å². The highest BCUT2D eigenvalue weighted by Crippen LogP contribution is 2.37. The zero-order chi connectivity index (χ0) is 40.9. The Bertz CT molecular complexity index is 2300. The van der Waals surface area contributed by atoms with Crippen molar-refractivity contribution in [2.45, 2.75) is 76.5 Å². The predicted molar refractivity (Wildman–Crippen MR) is 226 cm³/mol. The van der Waals surface area contributed by atoms with Gasteiger partial charge in [0.05, 0.1) is 43.0 Å². The standard InChI is InChI=1S/C47H52N8O4/c1-31(2)41(52-47(58)59-3)45(56)54-27-9-13-39(54)43-48-29-37(50-43)34-21-17-32(18-22-34)15-16-33-19-23-35(24-20-33)38-30-49-44(51-38)40-14-10-28-55(40)46(57)42(53-25-7-8-26-53)36-11-5-4-6-12-36/h4-6,11-12,17-24,29-31,39-42H,7-10,13-14,25-28H2,1-3H3,(H,48,50)(H,49,51)(H,52,58)/t39-,40-,41-,42+/m0/s1. The Morgan fingerprint density at radius 1 is 0.695 bits per heavy atom. The summed E-state index contributed by atoms with van der Waals surface area (Å²) >= 11 is 0. The minimum absolute atomic E-state index is 0.0777. The van der Waals surface area contributed by atoms with E-state index < -0.39 is 12.1 Å². The van der Waals surface area contributed by atoms with Crippen molar-refractivity contribution in [3.8, 4) is 34.4 Å². The number of alkyl carbamates (subject to hydrolysis) is 1. The molecule has 3 aromatic carbocycles. The minimum atomic E-state index is -0.681. The first kappa shape index (κ1) is 39.6. The number of benzene rings is 3. The van der Waals surface area contributed by atoms with E-state index in [9.17, 15) is 14.4 Å². The van der Waals surface area contributed by atoms with Crippen LogP contribution in [-0.4, -0.2) is 91.9 Å². The molecule has 5 aromatic rings. The van der Waals surface area contributed by atoms with Gasteiger partial charge in [0.25, 0.3) is 0 Å². The number of nitrogens with zero attached hydrogens (tertiary/aromatic N) is 5. The number of rotatable bonds is 10. The quantitative estimate of drug-likeness (QED) is 0.125. The summed E-state index contributed by atoms with van der Waals surface area (Å²) in [6.07, 6.45) is 8.78. The SMILES string of the molecule is COC(=O)N[C@H](C(=O)N1CCC[C@H]1c1ncc(-c2ccc(C#Cc3ccc(-c4cnc([C@@H]5CCCN5C(=O)[C@@H](c5ccccc5)N5CCCC5)[nH]4)cc3)cc2)[nH]1)C(C)C. The average molecular weight is 793 g/mol. The van der Waals surface area contributed by atoms with Crippen molar-refractivity contribution in [2.75, 3.05) is 33.3 Å². The van der Waals surface area contributed by atoms with Gasteiger partial charge < -0.3 is 29.8 Å². The molecule has 0 spiro atoms. The topological polar surface area (TPSA) is 140 Å². The third-order valence-corrected chi connectivity index (χ3v) is 11.9. The summed E-state index contributed by atoms with van der Waals surface area (Å²) in [5, 5.41) is 2.70. The van der Waals surface area contributed by atoms with Crippen LogP contribution in [0.2, 0.25) is 0 Å². The van der Waals surface area contributed by atoms with Crippen LogP contribution in [0.25, 0.3) is 22.5 Å². The second-order valence-corrected chi connectivity index (χ2v) is 16.1. The number of carbonyl (C=O) groups is 3. The van der Waals surface area contributed by atoms with Gasteiger partial charge in [-0.3, -0.25) is 14.5 Å². The lowest BCUT2D eigenvalue weighted by Gasteiger charge is -2.33. The predicted octanol–water partition coefficient (Wildman–Crippen LogP) is 7.41. The summed E-state index contributed by atoms with van der Waals surface area (Å²) in [4.78, 5) is 62.3. The van der Waals surface area contributed by atoms with Crippen LogP contribution < -0.4 is 5.32 Å². The highest BCUT2D eigenvalue weighted by Gasteiger charge is 2.40. The first-order valence-corrected chi connectivity index (χ1v) is 20.8. The number of aromatic nitrogens is 4. The van der Waals surface area contributed by atoms with Crippen molar-refractivity contribution < 1.29 is 19.1 Å². The number of methoxy groups -OCH3 is 1. The summed E-state index contributed by atoms with van der Waals surface area (Å²) in [5.74, 6) is 8.06. The fourth-order valence-electron chi connectivity index (χ4n) is 8.73. The molecule has 0 radical (unpaired) electrons. The molecule has 3 N–H and O–H groups in total. The molecule has 3 fully saturated rings. The van der Waals surface area contributed by atoms with Crippen LogP contribution in [0.5, 0.6) is 0 Å². The largest absolute Gasteiger partial charge is 0.453 e. The molecular weight excluding hydrogens is 741 g/mol. The molecule has 8 rings (SSSR count). The summed E-state index contributed by atoms with van der Waals surface area (Å²) in [6.45, 7) is 7.04. The number of likely N-dealkylation sites (tertiary alicyclic amines) is 3.